The van der Waals surface area contributed by atoms with Crippen LogP contribution in [0.15, 0.2) is 66.9 Å². The number of carbonyl (C=O) groups excluding carboxylic acids is 1. The molecular weight excluding hydrogens is 352 g/mol. The quantitative estimate of drug-likeness (QED) is 0.687. The molecule has 0 radical (unpaired) electrons. The molecule has 0 saturated heterocycles. The average Bonchev–Trinajstić information content (AvgIpc) is 3.18. The molecule has 0 bridgehead atoms. The van der Waals surface area contributed by atoms with Crippen LogP contribution in [-0.2, 0) is 11.4 Å². The highest BCUT2D eigenvalue weighted by atomic mass is 16.6. The van der Waals surface area contributed by atoms with Crippen molar-refractivity contribution in [3.63, 3.8) is 0 Å². The largest absolute Gasteiger partial charge is 0.345 e. The maximum absolute atomic E-state index is 12.6. The van der Waals surface area contributed by atoms with Crippen molar-refractivity contribution in [3.8, 4) is 0 Å². The molecule has 0 aliphatic carbocycles. The maximum Gasteiger partial charge on any atom is 0.280 e. The Hall–Kier alpha value is -3.12. The first kappa shape index (κ1) is 18.3. The van der Waals surface area contributed by atoms with Gasteiger partial charge in [0.2, 0.25) is 0 Å². The van der Waals surface area contributed by atoms with Crippen molar-refractivity contribution >= 4 is 11.7 Å². The summed E-state index contributed by atoms with van der Waals surface area (Å²) in [6, 6.07) is 21.1. The van der Waals surface area contributed by atoms with Crippen LogP contribution in [0.3, 0.4) is 0 Å². The standard InChI is InChI=1S/C22H24N4O2/c1-16-13-20(18-11-7-4-8-12-18)25(15-17-9-5-3-6-10-17)22-19(14-23-26(16)22)21(27)24-28-2/h3-12,14,16,20H,13,15H2,1-2H3,(H,24,27). The number of benzene rings is 2. The Morgan fingerprint density at radius 3 is 2.50 bits per heavy atom. The lowest BCUT2D eigenvalue weighted by molar-refractivity contribution is 0.0537. The zero-order valence-corrected chi connectivity index (χ0v) is 16.1. The minimum atomic E-state index is -0.289. The summed E-state index contributed by atoms with van der Waals surface area (Å²) in [5, 5.41) is 4.52. The second kappa shape index (κ2) is 7.86. The van der Waals surface area contributed by atoms with Crippen LogP contribution in [0.4, 0.5) is 5.82 Å². The molecule has 28 heavy (non-hydrogen) atoms. The lowest BCUT2D eigenvalue weighted by atomic mass is 9.95. The normalized spacial score (nSPS) is 18.6. The lowest BCUT2D eigenvalue weighted by Crippen LogP contribution is -2.38. The van der Waals surface area contributed by atoms with Gasteiger partial charge in [0.05, 0.1) is 25.4 Å². The Bertz CT molecular complexity index is 940. The predicted molar refractivity (Wildman–Crippen MR) is 108 cm³/mol. The van der Waals surface area contributed by atoms with Crippen LogP contribution in [0.1, 0.15) is 46.9 Å². The molecule has 1 aliphatic heterocycles. The van der Waals surface area contributed by atoms with Gasteiger partial charge in [0, 0.05) is 6.54 Å². The third-order valence-corrected chi connectivity index (χ3v) is 5.22. The van der Waals surface area contributed by atoms with Gasteiger partial charge < -0.3 is 4.90 Å². The number of nitrogens with zero attached hydrogens (tertiary/aromatic N) is 3. The molecule has 0 fully saturated rings. The van der Waals surface area contributed by atoms with Crippen LogP contribution in [0.5, 0.6) is 0 Å². The molecule has 4 rings (SSSR count). The highest BCUT2D eigenvalue weighted by molar-refractivity contribution is 5.98. The highest BCUT2D eigenvalue weighted by Gasteiger charge is 2.36. The van der Waals surface area contributed by atoms with Gasteiger partial charge in [-0.2, -0.15) is 5.10 Å². The zero-order valence-electron chi connectivity index (χ0n) is 16.1. The third kappa shape index (κ3) is 3.39. The number of hydrogen-bond donors (Lipinski definition) is 1. The summed E-state index contributed by atoms with van der Waals surface area (Å²) in [5.41, 5.74) is 5.37. The van der Waals surface area contributed by atoms with E-state index in [1.807, 2.05) is 28.9 Å². The molecule has 2 aromatic carbocycles. The number of amides is 1. The fourth-order valence-electron chi connectivity index (χ4n) is 3.93. The molecule has 0 spiro atoms. The number of aromatic nitrogens is 2. The Labute approximate surface area is 164 Å². The van der Waals surface area contributed by atoms with Crippen molar-refractivity contribution in [3.05, 3.63) is 83.6 Å². The summed E-state index contributed by atoms with van der Waals surface area (Å²) in [7, 11) is 1.44. The smallest absolute Gasteiger partial charge is 0.280 e. The van der Waals surface area contributed by atoms with Crippen LogP contribution in [0.25, 0.3) is 0 Å². The lowest BCUT2D eigenvalue weighted by Gasteiger charge is -2.41. The van der Waals surface area contributed by atoms with Gasteiger partial charge >= 0.3 is 0 Å². The molecule has 2 heterocycles. The number of anilines is 1. The van der Waals surface area contributed by atoms with Crippen molar-refractivity contribution in [2.45, 2.75) is 32.0 Å². The van der Waals surface area contributed by atoms with E-state index in [9.17, 15) is 4.79 Å². The molecule has 1 amide bonds. The number of rotatable bonds is 5. The summed E-state index contributed by atoms with van der Waals surface area (Å²) in [6.07, 6.45) is 2.54. The van der Waals surface area contributed by atoms with Crippen LogP contribution in [0, 0.1) is 0 Å². The van der Waals surface area contributed by atoms with Crippen molar-refractivity contribution in [1.82, 2.24) is 15.3 Å². The first-order chi connectivity index (χ1) is 13.7. The molecular formula is C22H24N4O2. The maximum atomic E-state index is 12.6. The van der Waals surface area contributed by atoms with E-state index in [1.54, 1.807) is 6.20 Å². The first-order valence-corrected chi connectivity index (χ1v) is 9.45. The number of nitrogens with one attached hydrogen (secondary N) is 1. The second-order valence-electron chi connectivity index (χ2n) is 7.09. The average molecular weight is 376 g/mol. The van der Waals surface area contributed by atoms with Gasteiger partial charge in [-0.25, -0.2) is 10.2 Å². The summed E-state index contributed by atoms with van der Waals surface area (Å²) in [6.45, 7) is 2.83. The summed E-state index contributed by atoms with van der Waals surface area (Å²) < 4.78 is 1.95. The van der Waals surface area contributed by atoms with E-state index in [1.165, 1.54) is 18.2 Å². The molecule has 0 saturated carbocycles. The minimum Gasteiger partial charge on any atom is -0.345 e. The van der Waals surface area contributed by atoms with Crippen LogP contribution in [0.2, 0.25) is 0 Å². The Morgan fingerprint density at radius 2 is 1.82 bits per heavy atom. The van der Waals surface area contributed by atoms with Gasteiger partial charge in [0.15, 0.2) is 0 Å². The third-order valence-electron chi connectivity index (χ3n) is 5.22. The van der Waals surface area contributed by atoms with Crippen LogP contribution < -0.4 is 10.4 Å². The van der Waals surface area contributed by atoms with Crippen LogP contribution in [-0.4, -0.2) is 22.8 Å². The van der Waals surface area contributed by atoms with Crippen molar-refractivity contribution in [2.75, 3.05) is 12.0 Å². The molecule has 2 unspecified atom stereocenters. The molecule has 6 nitrogen and oxygen atoms in total. The number of fused-ring (bicyclic) bond motifs is 1. The summed E-state index contributed by atoms with van der Waals surface area (Å²) in [4.78, 5) is 19.7. The molecule has 6 heteroatoms. The zero-order chi connectivity index (χ0) is 19.5. The molecule has 3 aromatic rings. The van der Waals surface area contributed by atoms with E-state index in [-0.39, 0.29) is 18.0 Å². The van der Waals surface area contributed by atoms with Crippen LogP contribution >= 0.6 is 0 Å². The van der Waals surface area contributed by atoms with Crippen molar-refractivity contribution < 1.29 is 9.63 Å². The molecule has 144 valence electrons. The van der Waals surface area contributed by atoms with Gasteiger partial charge in [-0.15, -0.1) is 0 Å². The number of hydroxylamine groups is 1. The molecule has 1 N–H and O–H groups in total. The topological polar surface area (TPSA) is 59.4 Å². The van der Waals surface area contributed by atoms with Gasteiger partial charge in [0.25, 0.3) is 5.91 Å². The Morgan fingerprint density at radius 1 is 1.14 bits per heavy atom. The summed E-state index contributed by atoms with van der Waals surface area (Å²) in [5.74, 6) is 0.536. The molecule has 1 aliphatic rings. The van der Waals surface area contributed by atoms with E-state index in [2.05, 4.69) is 58.8 Å². The first-order valence-electron chi connectivity index (χ1n) is 9.45. The highest BCUT2D eigenvalue weighted by Crippen LogP contribution is 2.42. The second-order valence-corrected chi connectivity index (χ2v) is 7.09. The Balaban J connectivity index is 1.82. The van der Waals surface area contributed by atoms with E-state index < -0.39 is 0 Å². The van der Waals surface area contributed by atoms with Gasteiger partial charge in [-0.1, -0.05) is 60.7 Å². The molecule has 1 aromatic heterocycles. The van der Waals surface area contributed by atoms with Gasteiger partial charge in [-0.3, -0.25) is 9.63 Å². The van der Waals surface area contributed by atoms with E-state index >= 15 is 0 Å². The number of carbonyl (C=O) groups is 1. The summed E-state index contributed by atoms with van der Waals surface area (Å²) >= 11 is 0. The molecule has 2 atom stereocenters. The van der Waals surface area contributed by atoms with Gasteiger partial charge in [-0.05, 0) is 24.5 Å². The fraction of sp³-hybridized carbons (Fsp3) is 0.273. The fourth-order valence-corrected chi connectivity index (χ4v) is 3.93. The van der Waals surface area contributed by atoms with Crippen molar-refractivity contribution in [2.24, 2.45) is 0 Å². The monoisotopic (exact) mass is 376 g/mol. The van der Waals surface area contributed by atoms with Crippen molar-refractivity contribution in [1.29, 1.82) is 0 Å². The predicted octanol–water partition coefficient (Wildman–Crippen LogP) is 3.89. The minimum absolute atomic E-state index is 0.148. The Kier molecular flexibility index (Phi) is 5.12. The SMILES string of the molecule is CONC(=O)c1cnn2c1N(Cc1ccccc1)C(c1ccccc1)CC2C. The van der Waals surface area contributed by atoms with Gasteiger partial charge in [0.1, 0.15) is 11.4 Å². The number of hydrogen-bond acceptors (Lipinski definition) is 4. The van der Waals surface area contributed by atoms with E-state index in [0.717, 1.165) is 12.2 Å². The van der Waals surface area contributed by atoms with E-state index in [4.69, 9.17) is 4.84 Å². The van der Waals surface area contributed by atoms with E-state index in [0.29, 0.717) is 12.1 Å².